The number of ketones is 3. The largest absolute Gasteiger partial charge is 0.490 e. The van der Waals surface area contributed by atoms with Crippen molar-refractivity contribution in [3.8, 4) is 5.75 Å². The molecule has 0 heterocycles. The molecule has 6 nitrogen and oxygen atoms in total. The Morgan fingerprint density at radius 3 is 2.16 bits per heavy atom. The van der Waals surface area contributed by atoms with Crippen molar-refractivity contribution in [1.29, 1.82) is 0 Å². The Bertz CT molecular complexity index is 683. The highest BCUT2D eigenvalue weighted by Gasteiger charge is 2.43. The molecule has 1 aromatic rings. The second-order valence-electron chi connectivity index (χ2n) is 6.43. The monoisotopic (exact) mass is 344 g/mol. The summed E-state index contributed by atoms with van der Waals surface area (Å²) < 4.78 is 10.5. The minimum Gasteiger partial charge on any atom is -0.490 e. The van der Waals surface area contributed by atoms with Gasteiger partial charge in [0.25, 0.3) is 0 Å². The number of Topliss-reactive ketones (excluding diaryl/α,β-unsaturated/α-hetero) is 3. The summed E-state index contributed by atoms with van der Waals surface area (Å²) in [6.45, 7) is 1.85. The Kier molecular flexibility index (Phi) is 4.97. The number of carbonyl (C=O) groups is 4. The second-order valence-corrected chi connectivity index (χ2v) is 6.43. The number of hydrogen-bond acceptors (Lipinski definition) is 6. The van der Waals surface area contributed by atoms with Crippen LogP contribution in [0.25, 0.3) is 0 Å². The first-order valence-electron chi connectivity index (χ1n) is 8.52. The van der Waals surface area contributed by atoms with E-state index in [1.54, 1.807) is 31.2 Å². The van der Waals surface area contributed by atoms with Crippen molar-refractivity contribution in [2.24, 2.45) is 11.8 Å². The van der Waals surface area contributed by atoms with E-state index in [4.69, 9.17) is 9.47 Å². The normalized spacial score (nSPS) is 23.2. The van der Waals surface area contributed by atoms with E-state index >= 15 is 0 Å². The fourth-order valence-electron chi connectivity index (χ4n) is 2.94. The summed E-state index contributed by atoms with van der Waals surface area (Å²) in [5.41, 5.74) is 0.296. The average molecular weight is 344 g/mol. The zero-order valence-electron chi connectivity index (χ0n) is 14.0. The van der Waals surface area contributed by atoms with Crippen LogP contribution in [0.3, 0.4) is 0 Å². The molecule has 0 aliphatic heterocycles. The highest BCUT2D eigenvalue weighted by Crippen LogP contribution is 2.29. The maximum absolute atomic E-state index is 12.6. The predicted molar refractivity (Wildman–Crippen MR) is 87.3 cm³/mol. The van der Waals surface area contributed by atoms with Gasteiger partial charge in [-0.3, -0.25) is 19.2 Å². The van der Waals surface area contributed by atoms with Gasteiger partial charge in [-0.05, 0) is 44.0 Å². The molecule has 1 aromatic carbocycles. The van der Waals surface area contributed by atoms with E-state index in [1.165, 1.54) is 0 Å². The molecular weight excluding hydrogens is 324 g/mol. The van der Waals surface area contributed by atoms with Gasteiger partial charge in [0.1, 0.15) is 11.7 Å². The molecular formula is C19H20O6. The van der Waals surface area contributed by atoms with E-state index in [9.17, 15) is 19.2 Å². The van der Waals surface area contributed by atoms with Gasteiger partial charge in [0.2, 0.25) is 0 Å². The fourth-order valence-corrected chi connectivity index (χ4v) is 2.94. The SMILES string of the molecule is CCOC(=O)C1CC(=O)C(C(=O)c2ccc(OC3CC3)cc2)C(=O)C1. The van der Waals surface area contributed by atoms with Gasteiger partial charge in [-0.25, -0.2) is 0 Å². The molecule has 2 aliphatic carbocycles. The molecule has 25 heavy (non-hydrogen) atoms. The topological polar surface area (TPSA) is 86.7 Å². The minimum atomic E-state index is -1.32. The predicted octanol–water partition coefficient (Wildman–Crippen LogP) is 2.14. The molecule has 0 radical (unpaired) electrons. The maximum atomic E-state index is 12.6. The van der Waals surface area contributed by atoms with Crippen LogP contribution >= 0.6 is 0 Å². The Balaban J connectivity index is 1.68. The van der Waals surface area contributed by atoms with Crippen molar-refractivity contribution in [3.05, 3.63) is 29.8 Å². The highest BCUT2D eigenvalue weighted by atomic mass is 16.5. The smallest absolute Gasteiger partial charge is 0.309 e. The second kappa shape index (κ2) is 7.17. The van der Waals surface area contributed by atoms with Gasteiger partial charge in [-0.1, -0.05) is 0 Å². The van der Waals surface area contributed by atoms with E-state index < -0.39 is 35.2 Å². The van der Waals surface area contributed by atoms with Crippen LogP contribution in [0.5, 0.6) is 5.75 Å². The summed E-state index contributed by atoms with van der Waals surface area (Å²) in [6.07, 6.45) is 2.05. The van der Waals surface area contributed by atoms with Crippen molar-refractivity contribution in [2.75, 3.05) is 6.61 Å². The number of rotatable bonds is 6. The Morgan fingerprint density at radius 2 is 1.64 bits per heavy atom. The standard InChI is InChI=1S/C19H20O6/c1-2-24-19(23)12-9-15(20)17(16(21)10-12)18(22)11-3-5-13(6-4-11)25-14-7-8-14/h3-6,12,14,17H,2,7-10H2,1H3. The fraction of sp³-hybridized carbons (Fsp3) is 0.474. The first-order chi connectivity index (χ1) is 12.0. The van der Waals surface area contributed by atoms with Gasteiger partial charge < -0.3 is 9.47 Å². The molecule has 0 bridgehead atoms. The number of hydrogen-bond donors (Lipinski definition) is 0. The molecule has 2 aliphatic rings. The van der Waals surface area contributed by atoms with Crippen LogP contribution in [0.15, 0.2) is 24.3 Å². The highest BCUT2D eigenvalue weighted by molar-refractivity contribution is 6.26. The average Bonchev–Trinajstić information content (AvgIpc) is 3.39. The van der Waals surface area contributed by atoms with E-state index in [1.807, 2.05) is 0 Å². The number of esters is 1. The van der Waals surface area contributed by atoms with Crippen LogP contribution < -0.4 is 4.74 Å². The summed E-state index contributed by atoms with van der Waals surface area (Å²) in [7, 11) is 0. The number of benzene rings is 1. The van der Waals surface area contributed by atoms with E-state index in [-0.39, 0.29) is 25.6 Å². The molecule has 0 atom stereocenters. The van der Waals surface area contributed by atoms with Gasteiger partial charge >= 0.3 is 5.97 Å². The lowest BCUT2D eigenvalue weighted by Crippen LogP contribution is -2.41. The minimum absolute atomic E-state index is 0.135. The first kappa shape index (κ1) is 17.3. The first-order valence-corrected chi connectivity index (χ1v) is 8.52. The molecule has 0 saturated heterocycles. The number of carbonyl (C=O) groups excluding carboxylic acids is 4. The van der Waals surface area contributed by atoms with Crippen LogP contribution in [-0.2, 0) is 19.1 Å². The molecule has 0 unspecified atom stereocenters. The van der Waals surface area contributed by atoms with Gasteiger partial charge in [0.15, 0.2) is 17.3 Å². The maximum Gasteiger partial charge on any atom is 0.309 e. The van der Waals surface area contributed by atoms with Gasteiger partial charge in [0, 0.05) is 18.4 Å². The van der Waals surface area contributed by atoms with Crippen molar-refractivity contribution in [2.45, 2.75) is 38.7 Å². The van der Waals surface area contributed by atoms with E-state index in [0.29, 0.717) is 11.3 Å². The third-order valence-corrected chi connectivity index (χ3v) is 4.39. The molecule has 132 valence electrons. The van der Waals surface area contributed by atoms with Crippen LogP contribution in [0.4, 0.5) is 0 Å². The summed E-state index contributed by atoms with van der Waals surface area (Å²) in [4.78, 5) is 48.9. The lowest BCUT2D eigenvalue weighted by atomic mass is 9.76. The third kappa shape index (κ3) is 3.95. The molecule has 6 heteroatoms. The Labute approximate surface area is 145 Å². The van der Waals surface area contributed by atoms with Crippen LogP contribution in [0.1, 0.15) is 43.0 Å². The molecule has 3 rings (SSSR count). The molecule has 0 aromatic heterocycles. The van der Waals surface area contributed by atoms with Crippen LogP contribution in [0, 0.1) is 11.8 Å². The van der Waals surface area contributed by atoms with Crippen LogP contribution in [0.2, 0.25) is 0 Å². The van der Waals surface area contributed by atoms with Crippen molar-refractivity contribution >= 4 is 23.3 Å². The zero-order chi connectivity index (χ0) is 18.0. The summed E-state index contributed by atoms with van der Waals surface area (Å²) >= 11 is 0. The van der Waals surface area contributed by atoms with Crippen LogP contribution in [-0.4, -0.2) is 36.0 Å². The molecule has 2 saturated carbocycles. The van der Waals surface area contributed by atoms with Gasteiger partial charge in [0.05, 0.1) is 18.6 Å². The quantitative estimate of drug-likeness (QED) is 0.446. The van der Waals surface area contributed by atoms with Gasteiger partial charge in [-0.2, -0.15) is 0 Å². The molecule has 0 N–H and O–H groups in total. The number of ether oxygens (including phenoxy) is 2. The summed E-state index contributed by atoms with van der Waals surface area (Å²) in [5, 5.41) is 0. The van der Waals surface area contributed by atoms with Gasteiger partial charge in [-0.15, -0.1) is 0 Å². The zero-order valence-corrected chi connectivity index (χ0v) is 14.0. The molecule has 2 fully saturated rings. The summed E-state index contributed by atoms with van der Waals surface area (Å²) in [6, 6.07) is 6.48. The third-order valence-electron chi connectivity index (χ3n) is 4.39. The molecule has 0 amide bonds. The van der Waals surface area contributed by atoms with Crippen molar-refractivity contribution in [1.82, 2.24) is 0 Å². The van der Waals surface area contributed by atoms with E-state index in [0.717, 1.165) is 12.8 Å². The van der Waals surface area contributed by atoms with Crippen molar-refractivity contribution in [3.63, 3.8) is 0 Å². The molecule has 0 spiro atoms. The summed E-state index contributed by atoms with van der Waals surface area (Å²) in [5.74, 6) is -3.54. The Morgan fingerprint density at radius 1 is 1.04 bits per heavy atom. The van der Waals surface area contributed by atoms with Crippen molar-refractivity contribution < 1.29 is 28.7 Å². The van der Waals surface area contributed by atoms with E-state index in [2.05, 4.69) is 0 Å². The lowest BCUT2D eigenvalue weighted by Gasteiger charge is -2.24. The Hall–Kier alpha value is -2.50. The lowest BCUT2D eigenvalue weighted by molar-refractivity contribution is -0.154.